The molecule has 0 saturated carbocycles. The first kappa shape index (κ1) is 11.1. The molecular formula is C11H13ClO2. The van der Waals surface area contributed by atoms with Gasteiger partial charge in [-0.05, 0) is 49.1 Å². The number of rotatable bonds is 3. The lowest BCUT2D eigenvalue weighted by Crippen LogP contribution is -2.00. The highest BCUT2D eigenvalue weighted by atomic mass is 35.5. The minimum atomic E-state index is -0.776. The molecule has 1 rings (SSSR count). The molecule has 0 fully saturated rings. The van der Waals surface area contributed by atoms with E-state index in [4.69, 9.17) is 16.7 Å². The molecule has 76 valence electrons. The molecule has 0 heterocycles. The Bertz CT molecular complexity index is 359. The number of halogens is 1. The van der Waals surface area contributed by atoms with Gasteiger partial charge in [0.25, 0.3) is 0 Å². The molecule has 3 heteroatoms. The fourth-order valence-electron chi connectivity index (χ4n) is 1.39. The zero-order valence-corrected chi connectivity index (χ0v) is 9.06. The van der Waals surface area contributed by atoms with Crippen molar-refractivity contribution in [2.75, 3.05) is 0 Å². The summed E-state index contributed by atoms with van der Waals surface area (Å²) in [6.45, 7) is 3.97. The van der Waals surface area contributed by atoms with Crippen LogP contribution >= 0.6 is 11.6 Å². The number of carbonyl (C=O) groups is 1. The number of hydrogen-bond acceptors (Lipinski definition) is 1. The summed E-state index contributed by atoms with van der Waals surface area (Å²) in [5.41, 5.74) is 3.27. The molecule has 0 aliphatic heterocycles. The van der Waals surface area contributed by atoms with Crippen molar-refractivity contribution < 1.29 is 9.90 Å². The Morgan fingerprint density at radius 1 is 1.43 bits per heavy atom. The molecule has 0 aliphatic carbocycles. The van der Waals surface area contributed by atoms with Gasteiger partial charge in [0.15, 0.2) is 0 Å². The summed E-state index contributed by atoms with van der Waals surface area (Å²) in [4.78, 5) is 10.4. The molecule has 1 N–H and O–H groups in total. The van der Waals surface area contributed by atoms with Gasteiger partial charge in [-0.1, -0.05) is 11.6 Å². The van der Waals surface area contributed by atoms with Crippen LogP contribution in [0.15, 0.2) is 12.1 Å². The third-order valence-electron chi connectivity index (χ3n) is 2.35. The van der Waals surface area contributed by atoms with Gasteiger partial charge in [0, 0.05) is 11.4 Å². The average molecular weight is 213 g/mol. The van der Waals surface area contributed by atoms with Gasteiger partial charge in [0.05, 0.1) is 0 Å². The molecule has 0 aromatic heterocycles. The first-order valence-corrected chi connectivity index (χ1v) is 4.86. The maximum absolute atomic E-state index is 10.4. The molecule has 0 saturated heterocycles. The normalized spacial score (nSPS) is 10.2. The molecule has 0 unspecified atom stereocenters. The maximum Gasteiger partial charge on any atom is 0.303 e. The van der Waals surface area contributed by atoms with E-state index >= 15 is 0 Å². The largest absolute Gasteiger partial charge is 0.481 e. The number of carboxylic acids is 1. The van der Waals surface area contributed by atoms with Crippen molar-refractivity contribution in [3.8, 4) is 0 Å². The summed E-state index contributed by atoms with van der Waals surface area (Å²) in [5, 5.41) is 9.25. The minimum absolute atomic E-state index is 0.153. The smallest absolute Gasteiger partial charge is 0.303 e. The van der Waals surface area contributed by atoms with E-state index in [-0.39, 0.29) is 6.42 Å². The zero-order valence-electron chi connectivity index (χ0n) is 8.30. The van der Waals surface area contributed by atoms with Crippen LogP contribution in [0.4, 0.5) is 0 Å². The van der Waals surface area contributed by atoms with Crippen molar-refractivity contribution >= 4 is 17.6 Å². The van der Waals surface area contributed by atoms with E-state index in [9.17, 15) is 4.79 Å². The van der Waals surface area contributed by atoms with Crippen LogP contribution in [-0.2, 0) is 11.2 Å². The summed E-state index contributed by atoms with van der Waals surface area (Å²) >= 11 is 5.89. The highest BCUT2D eigenvalue weighted by molar-refractivity contribution is 6.30. The van der Waals surface area contributed by atoms with Gasteiger partial charge < -0.3 is 5.11 Å². The third-order valence-corrected chi connectivity index (χ3v) is 2.57. The molecule has 0 spiro atoms. The molecule has 0 bridgehead atoms. The Morgan fingerprint density at radius 2 is 2.07 bits per heavy atom. The minimum Gasteiger partial charge on any atom is -0.481 e. The van der Waals surface area contributed by atoms with Gasteiger partial charge in [-0.25, -0.2) is 0 Å². The summed E-state index contributed by atoms with van der Waals surface area (Å²) in [6, 6.07) is 3.73. The second-order valence-corrected chi connectivity index (χ2v) is 3.84. The quantitative estimate of drug-likeness (QED) is 0.837. The van der Waals surface area contributed by atoms with Crippen LogP contribution in [0.25, 0.3) is 0 Å². The summed E-state index contributed by atoms with van der Waals surface area (Å²) in [5.74, 6) is -0.776. The van der Waals surface area contributed by atoms with E-state index in [1.54, 1.807) is 0 Å². The van der Waals surface area contributed by atoms with Crippen LogP contribution in [0.5, 0.6) is 0 Å². The van der Waals surface area contributed by atoms with Crippen molar-refractivity contribution in [2.45, 2.75) is 26.7 Å². The highest BCUT2D eigenvalue weighted by Gasteiger charge is 2.05. The SMILES string of the molecule is Cc1cc(Cl)cc(CCC(=O)O)c1C. The monoisotopic (exact) mass is 212 g/mol. The molecule has 1 aromatic rings. The first-order chi connectivity index (χ1) is 6.50. The van der Waals surface area contributed by atoms with Crippen LogP contribution in [0, 0.1) is 13.8 Å². The second-order valence-electron chi connectivity index (χ2n) is 3.40. The molecule has 0 amide bonds. The Labute approximate surface area is 88.5 Å². The van der Waals surface area contributed by atoms with E-state index in [1.165, 1.54) is 0 Å². The van der Waals surface area contributed by atoms with Crippen LogP contribution < -0.4 is 0 Å². The lowest BCUT2D eigenvalue weighted by molar-refractivity contribution is -0.136. The van der Waals surface area contributed by atoms with E-state index in [1.807, 2.05) is 26.0 Å². The van der Waals surface area contributed by atoms with Crippen molar-refractivity contribution in [2.24, 2.45) is 0 Å². The van der Waals surface area contributed by atoms with Crippen molar-refractivity contribution in [1.82, 2.24) is 0 Å². The lowest BCUT2D eigenvalue weighted by Gasteiger charge is -2.08. The van der Waals surface area contributed by atoms with Crippen molar-refractivity contribution in [3.05, 3.63) is 33.8 Å². The van der Waals surface area contributed by atoms with Crippen molar-refractivity contribution in [3.63, 3.8) is 0 Å². The lowest BCUT2D eigenvalue weighted by atomic mass is 10.00. The summed E-state index contributed by atoms with van der Waals surface area (Å²) in [6.07, 6.45) is 0.698. The summed E-state index contributed by atoms with van der Waals surface area (Å²) in [7, 11) is 0. The predicted octanol–water partition coefficient (Wildman–Crippen LogP) is 2.97. The van der Waals surface area contributed by atoms with E-state index in [2.05, 4.69) is 0 Å². The molecule has 0 aliphatic rings. The Balaban J connectivity index is 2.90. The zero-order chi connectivity index (χ0) is 10.7. The van der Waals surface area contributed by atoms with Gasteiger partial charge in [-0.3, -0.25) is 4.79 Å². The Morgan fingerprint density at radius 3 is 2.64 bits per heavy atom. The molecule has 0 atom stereocenters. The predicted molar refractivity (Wildman–Crippen MR) is 56.9 cm³/mol. The van der Waals surface area contributed by atoms with Crippen LogP contribution in [-0.4, -0.2) is 11.1 Å². The molecule has 2 nitrogen and oxygen atoms in total. The van der Waals surface area contributed by atoms with Gasteiger partial charge in [-0.15, -0.1) is 0 Å². The fourth-order valence-corrected chi connectivity index (χ4v) is 1.68. The Kier molecular flexibility index (Phi) is 3.53. The topological polar surface area (TPSA) is 37.3 Å². The third kappa shape index (κ3) is 2.74. The fraction of sp³-hybridized carbons (Fsp3) is 0.364. The van der Waals surface area contributed by atoms with Gasteiger partial charge in [0.2, 0.25) is 0 Å². The van der Waals surface area contributed by atoms with Crippen LogP contribution in [0.2, 0.25) is 5.02 Å². The maximum atomic E-state index is 10.4. The highest BCUT2D eigenvalue weighted by Crippen LogP contribution is 2.20. The van der Waals surface area contributed by atoms with Gasteiger partial charge in [0.1, 0.15) is 0 Å². The molecule has 14 heavy (non-hydrogen) atoms. The van der Waals surface area contributed by atoms with Crippen LogP contribution in [0.3, 0.4) is 0 Å². The number of carboxylic acid groups (broad SMARTS) is 1. The van der Waals surface area contributed by atoms with E-state index in [0.29, 0.717) is 11.4 Å². The van der Waals surface area contributed by atoms with Crippen molar-refractivity contribution in [1.29, 1.82) is 0 Å². The molecule has 0 radical (unpaired) electrons. The first-order valence-electron chi connectivity index (χ1n) is 4.48. The van der Waals surface area contributed by atoms with Gasteiger partial charge in [-0.2, -0.15) is 0 Å². The molecular weight excluding hydrogens is 200 g/mol. The average Bonchev–Trinajstić information content (AvgIpc) is 2.08. The number of aryl methyl sites for hydroxylation is 2. The van der Waals surface area contributed by atoms with Crippen LogP contribution in [0.1, 0.15) is 23.1 Å². The second kappa shape index (κ2) is 4.47. The van der Waals surface area contributed by atoms with E-state index < -0.39 is 5.97 Å². The standard InChI is InChI=1S/C11H13ClO2/c1-7-5-10(12)6-9(8(7)2)3-4-11(13)14/h5-6H,3-4H2,1-2H3,(H,13,14). The van der Waals surface area contributed by atoms with Gasteiger partial charge >= 0.3 is 5.97 Å². The Hall–Kier alpha value is -1.02. The summed E-state index contributed by atoms with van der Waals surface area (Å²) < 4.78 is 0. The van der Waals surface area contributed by atoms with E-state index in [0.717, 1.165) is 16.7 Å². The number of aliphatic carboxylic acids is 1. The molecule has 1 aromatic carbocycles. The number of benzene rings is 1. The number of hydrogen-bond donors (Lipinski definition) is 1.